The maximum atomic E-state index is 5.76. The minimum absolute atomic E-state index is 0.480. The summed E-state index contributed by atoms with van der Waals surface area (Å²) in [6, 6.07) is 4.16. The molecule has 0 aromatic heterocycles. The van der Waals surface area contributed by atoms with Crippen LogP contribution in [-0.2, 0) is 0 Å². The van der Waals surface area contributed by atoms with Crippen LogP contribution in [0, 0.1) is 13.8 Å². The topological polar surface area (TPSA) is 9.23 Å². The van der Waals surface area contributed by atoms with Crippen molar-refractivity contribution in [3.05, 3.63) is 27.7 Å². The Kier molecular flexibility index (Phi) is 2.33. The Bertz CT molecular complexity index is 329. The van der Waals surface area contributed by atoms with Crippen LogP contribution in [0.4, 0.5) is 0 Å². The highest BCUT2D eigenvalue weighted by Crippen LogP contribution is 2.33. The number of ether oxygens (including phenoxy) is 1. The van der Waals surface area contributed by atoms with Gasteiger partial charge in [-0.1, -0.05) is 22.0 Å². The standard InChI is InChI=1S/C11H13BrO/c1-7-3-6-10(8(2)11(7)12)13-9-4-5-9/h3,6,9H,4-5H2,1-2H3. The van der Waals surface area contributed by atoms with Crippen molar-refractivity contribution in [2.45, 2.75) is 32.8 Å². The molecule has 0 unspecified atom stereocenters. The molecule has 0 spiro atoms. The quantitative estimate of drug-likeness (QED) is 0.768. The molecule has 1 aromatic rings. The van der Waals surface area contributed by atoms with Gasteiger partial charge in [-0.15, -0.1) is 0 Å². The summed E-state index contributed by atoms with van der Waals surface area (Å²) in [6.07, 6.45) is 2.91. The van der Waals surface area contributed by atoms with Crippen LogP contribution in [0.5, 0.6) is 5.75 Å². The molecular weight excluding hydrogens is 228 g/mol. The van der Waals surface area contributed by atoms with Gasteiger partial charge in [-0.2, -0.15) is 0 Å². The Balaban J connectivity index is 2.29. The SMILES string of the molecule is Cc1ccc(OC2CC2)c(C)c1Br. The van der Waals surface area contributed by atoms with Crippen molar-refractivity contribution >= 4 is 15.9 Å². The smallest absolute Gasteiger partial charge is 0.123 e. The molecule has 0 aliphatic heterocycles. The van der Waals surface area contributed by atoms with Crippen molar-refractivity contribution in [3.8, 4) is 5.75 Å². The number of hydrogen-bond acceptors (Lipinski definition) is 1. The molecule has 1 aliphatic rings. The fraction of sp³-hybridized carbons (Fsp3) is 0.455. The number of hydrogen-bond donors (Lipinski definition) is 0. The first-order chi connectivity index (χ1) is 6.18. The van der Waals surface area contributed by atoms with Gasteiger partial charge in [0.25, 0.3) is 0 Å². The normalized spacial score (nSPS) is 15.9. The molecule has 0 amide bonds. The van der Waals surface area contributed by atoms with E-state index in [1.54, 1.807) is 0 Å². The van der Waals surface area contributed by atoms with E-state index in [2.05, 4.69) is 41.9 Å². The monoisotopic (exact) mass is 240 g/mol. The third-order valence-electron chi connectivity index (χ3n) is 2.35. The average molecular weight is 241 g/mol. The average Bonchev–Trinajstić information content (AvgIpc) is 2.90. The summed E-state index contributed by atoms with van der Waals surface area (Å²) >= 11 is 3.56. The van der Waals surface area contributed by atoms with E-state index in [0.717, 1.165) is 5.75 Å². The van der Waals surface area contributed by atoms with Gasteiger partial charge >= 0.3 is 0 Å². The van der Waals surface area contributed by atoms with Gasteiger partial charge in [0.05, 0.1) is 6.10 Å². The van der Waals surface area contributed by atoms with E-state index in [1.807, 2.05) is 0 Å². The van der Waals surface area contributed by atoms with Crippen LogP contribution in [0.15, 0.2) is 16.6 Å². The summed E-state index contributed by atoms with van der Waals surface area (Å²) in [7, 11) is 0. The zero-order valence-electron chi connectivity index (χ0n) is 7.93. The molecule has 0 saturated heterocycles. The van der Waals surface area contributed by atoms with Crippen molar-refractivity contribution in [1.82, 2.24) is 0 Å². The molecule has 1 fully saturated rings. The lowest BCUT2D eigenvalue weighted by molar-refractivity contribution is 0.301. The van der Waals surface area contributed by atoms with E-state index in [-0.39, 0.29) is 0 Å². The van der Waals surface area contributed by atoms with Crippen LogP contribution in [-0.4, -0.2) is 6.10 Å². The van der Waals surface area contributed by atoms with Gasteiger partial charge in [0.2, 0.25) is 0 Å². The first-order valence-electron chi connectivity index (χ1n) is 4.61. The number of aryl methyl sites for hydroxylation is 1. The molecule has 2 heteroatoms. The summed E-state index contributed by atoms with van der Waals surface area (Å²) in [5.74, 6) is 1.03. The van der Waals surface area contributed by atoms with Crippen molar-refractivity contribution < 1.29 is 4.74 Å². The summed E-state index contributed by atoms with van der Waals surface area (Å²) in [4.78, 5) is 0. The molecular formula is C11H13BrO. The molecule has 1 saturated carbocycles. The molecule has 0 radical (unpaired) electrons. The van der Waals surface area contributed by atoms with Crippen molar-refractivity contribution in [2.75, 3.05) is 0 Å². The van der Waals surface area contributed by atoms with Crippen LogP contribution >= 0.6 is 15.9 Å². The van der Waals surface area contributed by atoms with Crippen molar-refractivity contribution in [2.24, 2.45) is 0 Å². The van der Waals surface area contributed by atoms with Gasteiger partial charge in [-0.3, -0.25) is 0 Å². The summed E-state index contributed by atoms with van der Waals surface area (Å²) in [6.45, 7) is 4.19. The van der Waals surface area contributed by atoms with Gasteiger partial charge in [0.1, 0.15) is 5.75 Å². The van der Waals surface area contributed by atoms with E-state index in [0.29, 0.717) is 6.10 Å². The lowest BCUT2D eigenvalue weighted by Gasteiger charge is -2.10. The Morgan fingerprint density at radius 3 is 2.62 bits per heavy atom. The van der Waals surface area contributed by atoms with E-state index in [1.165, 1.54) is 28.4 Å². The van der Waals surface area contributed by atoms with Crippen LogP contribution in [0.1, 0.15) is 24.0 Å². The highest BCUT2D eigenvalue weighted by atomic mass is 79.9. The lowest BCUT2D eigenvalue weighted by Crippen LogP contribution is -1.98. The molecule has 0 heterocycles. The Morgan fingerprint density at radius 2 is 2.00 bits per heavy atom. The summed E-state index contributed by atoms with van der Waals surface area (Å²) in [5.41, 5.74) is 2.48. The fourth-order valence-corrected chi connectivity index (χ4v) is 1.62. The zero-order chi connectivity index (χ0) is 9.42. The highest BCUT2D eigenvalue weighted by molar-refractivity contribution is 9.10. The third-order valence-corrected chi connectivity index (χ3v) is 3.57. The van der Waals surface area contributed by atoms with Crippen LogP contribution < -0.4 is 4.74 Å². The molecule has 1 nitrogen and oxygen atoms in total. The Labute approximate surface area is 87.2 Å². The maximum Gasteiger partial charge on any atom is 0.123 e. The predicted molar refractivity (Wildman–Crippen MR) is 57.3 cm³/mol. The van der Waals surface area contributed by atoms with Crippen molar-refractivity contribution in [3.63, 3.8) is 0 Å². The first kappa shape index (κ1) is 9.07. The zero-order valence-corrected chi connectivity index (χ0v) is 9.52. The molecule has 1 aromatic carbocycles. The minimum atomic E-state index is 0.480. The van der Waals surface area contributed by atoms with E-state index in [9.17, 15) is 0 Å². The number of halogens is 1. The van der Waals surface area contributed by atoms with Gasteiger partial charge in [-0.25, -0.2) is 0 Å². The highest BCUT2D eigenvalue weighted by Gasteiger charge is 2.24. The molecule has 13 heavy (non-hydrogen) atoms. The van der Waals surface area contributed by atoms with Crippen LogP contribution in [0.2, 0.25) is 0 Å². The number of rotatable bonds is 2. The van der Waals surface area contributed by atoms with Gasteiger partial charge in [0, 0.05) is 10.0 Å². The third kappa shape index (κ3) is 1.88. The van der Waals surface area contributed by atoms with E-state index >= 15 is 0 Å². The second kappa shape index (κ2) is 3.33. The maximum absolute atomic E-state index is 5.76. The second-order valence-corrected chi connectivity index (χ2v) is 4.43. The first-order valence-corrected chi connectivity index (χ1v) is 5.40. The van der Waals surface area contributed by atoms with Gasteiger partial charge < -0.3 is 4.74 Å². The van der Waals surface area contributed by atoms with E-state index < -0.39 is 0 Å². The largest absolute Gasteiger partial charge is 0.490 e. The van der Waals surface area contributed by atoms with Gasteiger partial charge in [-0.05, 0) is 38.3 Å². The number of benzene rings is 1. The van der Waals surface area contributed by atoms with E-state index in [4.69, 9.17) is 4.74 Å². The summed E-state index contributed by atoms with van der Waals surface area (Å²) < 4.78 is 6.93. The molecule has 70 valence electrons. The molecule has 1 aliphatic carbocycles. The van der Waals surface area contributed by atoms with Crippen LogP contribution in [0.3, 0.4) is 0 Å². The van der Waals surface area contributed by atoms with Crippen molar-refractivity contribution in [1.29, 1.82) is 0 Å². The summed E-state index contributed by atoms with van der Waals surface area (Å²) in [5, 5.41) is 0. The fourth-order valence-electron chi connectivity index (χ4n) is 1.30. The lowest BCUT2D eigenvalue weighted by atomic mass is 10.1. The minimum Gasteiger partial charge on any atom is -0.490 e. The molecule has 2 rings (SSSR count). The molecule has 0 N–H and O–H groups in total. The Morgan fingerprint density at radius 1 is 1.31 bits per heavy atom. The molecule has 0 atom stereocenters. The van der Waals surface area contributed by atoms with Gasteiger partial charge in [0.15, 0.2) is 0 Å². The second-order valence-electron chi connectivity index (χ2n) is 3.64. The Hall–Kier alpha value is -0.500. The predicted octanol–water partition coefficient (Wildman–Crippen LogP) is 3.61. The van der Waals surface area contributed by atoms with Crippen LogP contribution in [0.25, 0.3) is 0 Å². The molecule has 0 bridgehead atoms.